The van der Waals surface area contributed by atoms with E-state index >= 15 is 0 Å². The Kier molecular flexibility index (Phi) is 11.4. The van der Waals surface area contributed by atoms with Gasteiger partial charge in [0.2, 0.25) is 0 Å². The van der Waals surface area contributed by atoms with Crippen LogP contribution in [0.1, 0.15) is 131 Å². The molecule has 0 N–H and O–H groups in total. The van der Waals surface area contributed by atoms with Crippen molar-refractivity contribution < 1.29 is 37.8 Å². The monoisotopic (exact) mass is 686 g/mol. The molecule has 0 spiro atoms. The smallest absolute Gasteiger partial charge is 0.342 e. The van der Waals surface area contributed by atoms with Crippen LogP contribution in [0.5, 0.6) is 11.5 Å². The van der Waals surface area contributed by atoms with E-state index < -0.39 is 25.7 Å². The highest BCUT2D eigenvalue weighted by molar-refractivity contribution is 6.74. The zero-order chi connectivity index (χ0) is 36.3. The van der Waals surface area contributed by atoms with Crippen LogP contribution in [0.2, 0.25) is 18.1 Å². The van der Waals surface area contributed by atoms with Gasteiger partial charge in [0.25, 0.3) is 0 Å². The molecule has 9 heteroatoms. The van der Waals surface area contributed by atoms with Crippen molar-refractivity contribution in [3.8, 4) is 11.5 Å². The van der Waals surface area contributed by atoms with E-state index in [0.29, 0.717) is 36.3 Å². The van der Waals surface area contributed by atoms with Crippen molar-refractivity contribution in [1.29, 1.82) is 0 Å². The summed E-state index contributed by atoms with van der Waals surface area (Å²) in [5.41, 5.74) is 1.11. The maximum atomic E-state index is 14.2. The first-order valence-electron chi connectivity index (χ1n) is 16.9. The van der Waals surface area contributed by atoms with Gasteiger partial charge in [-0.2, -0.15) is 0 Å². The minimum Gasteiger partial charge on any atom is -0.496 e. The van der Waals surface area contributed by atoms with Gasteiger partial charge in [-0.3, -0.25) is 14.4 Å². The number of carbonyl (C=O) groups excluding carboxylic acids is 4. The van der Waals surface area contributed by atoms with Crippen molar-refractivity contribution in [1.82, 2.24) is 0 Å². The second-order valence-corrected chi connectivity index (χ2v) is 19.9. The predicted molar refractivity (Wildman–Crippen MR) is 193 cm³/mol. The average molecular weight is 687 g/mol. The first-order chi connectivity index (χ1) is 22.9. The van der Waals surface area contributed by atoms with E-state index in [1.54, 1.807) is 63.2 Å². The fraction of sp³-hybridized carbons (Fsp3) is 0.450. The Morgan fingerprint density at radius 3 is 1.96 bits per heavy atom. The summed E-state index contributed by atoms with van der Waals surface area (Å²) in [6, 6.07) is 13.3. The molecule has 49 heavy (non-hydrogen) atoms. The number of carbonyl (C=O) groups is 4. The van der Waals surface area contributed by atoms with E-state index in [-0.39, 0.29) is 62.2 Å². The van der Waals surface area contributed by atoms with E-state index in [1.165, 1.54) is 20.3 Å². The molecule has 1 aliphatic carbocycles. The minimum absolute atomic E-state index is 0.0303. The molecule has 3 aromatic rings. The number of fused-ring (bicyclic) bond motifs is 2. The third-order valence-electron chi connectivity index (χ3n) is 9.43. The summed E-state index contributed by atoms with van der Waals surface area (Å²) < 4.78 is 23.5. The van der Waals surface area contributed by atoms with Crippen LogP contribution in [0, 0.1) is 0 Å². The van der Waals surface area contributed by atoms with E-state index in [2.05, 4.69) is 33.9 Å². The average Bonchev–Trinajstić information content (AvgIpc) is 3.03. The molecule has 0 radical (unpaired) electrons. The van der Waals surface area contributed by atoms with Crippen LogP contribution in [-0.2, 0) is 15.6 Å². The maximum Gasteiger partial charge on any atom is 0.342 e. The molecule has 0 unspecified atom stereocenters. The maximum absolute atomic E-state index is 14.2. The Labute approximate surface area is 291 Å². The summed E-state index contributed by atoms with van der Waals surface area (Å²) in [7, 11) is 1.08. The van der Waals surface area contributed by atoms with Crippen LogP contribution < -0.4 is 9.47 Å². The molecular weight excluding hydrogens is 637 g/mol. The third-order valence-corrected chi connectivity index (χ3v) is 14.0. The molecule has 8 nitrogen and oxygen atoms in total. The fourth-order valence-corrected chi connectivity index (χ4v) is 6.91. The first kappa shape index (κ1) is 37.7. The summed E-state index contributed by atoms with van der Waals surface area (Å²) in [6.07, 6.45) is 2.62. The summed E-state index contributed by atoms with van der Waals surface area (Å²) >= 11 is 0. The third kappa shape index (κ3) is 8.22. The standard InChI is InChI=1S/C40H50O8Si/c1-39(2,3)48-38(44)35-29(34-30(24-33(35)46-8)36(42)26-17-13-14-18-27(26)37(34)43)23-28-25(19-16-21-32(28)45-7)31(41)20-12-11-15-22-47-49(9,10)40(4,5)6/h13-14,16-19,21,24H,11-12,15,20,22-23H2,1-10H3. The molecule has 0 atom stereocenters. The predicted octanol–water partition coefficient (Wildman–Crippen LogP) is 8.79. The lowest BCUT2D eigenvalue weighted by Gasteiger charge is -2.36. The minimum atomic E-state index is -1.84. The number of methoxy groups -OCH3 is 2. The SMILES string of the molecule is COc1cccc(C(=O)CCCCCO[Si](C)(C)C(C)(C)C)c1Cc1c(C(=O)OC(C)(C)C)c(OC)cc2c1C(=O)c1ccccc1C2=O. The highest BCUT2D eigenvalue weighted by atomic mass is 28.4. The largest absolute Gasteiger partial charge is 0.496 e. The quantitative estimate of drug-likeness (QED) is 0.0595. The summed E-state index contributed by atoms with van der Waals surface area (Å²) in [5, 5.41) is 0.137. The molecule has 4 rings (SSSR count). The zero-order valence-electron chi connectivity index (χ0n) is 30.6. The van der Waals surface area contributed by atoms with E-state index in [4.69, 9.17) is 18.6 Å². The highest BCUT2D eigenvalue weighted by Gasteiger charge is 2.38. The molecule has 0 aromatic heterocycles. The van der Waals surface area contributed by atoms with Crippen LogP contribution in [-0.4, -0.2) is 58.1 Å². The lowest BCUT2D eigenvalue weighted by Crippen LogP contribution is -2.40. The normalized spacial score (nSPS) is 13.1. The number of benzene rings is 3. The Hall–Kier alpha value is -4.08. The Morgan fingerprint density at radius 2 is 1.37 bits per heavy atom. The van der Waals surface area contributed by atoms with Crippen LogP contribution in [0.15, 0.2) is 48.5 Å². The van der Waals surface area contributed by atoms with Gasteiger partial charge in [-0.05, 0) is 69.4 Å². The molecule has 1 aliphatic rings. The lowest BCUT2D eigenvalue weighted by molar-refractivity contribution is 0.00650. The Bertz CT molecular complexity index is 1760. The number of ether oxygens (including phenoxy) is 3. The van der Waals surface area contributed by atoms with Gasteiger partial charge in [0.05, 0.1) is 14.2 Å². The number of esters is 1. The van der Waals surface area contributed by atoms with Gasteiger partial charge in [0.15, 0.2) is 25.7 Å². The number of ketones is 3. The topological polar surface area (TPSA) is 105 Å². The number of unbranched alkanes of at least 4 members (excludes halogenated alkanes) is 2. The summed E-state index contributed by atoms with van der Waals surface area (Å²) in [4.78, 5) is 55.7. The van der Waals surface area contributed by atoms with Gasteiger partial charge in [-0.25, -0.2) is 4.79 Å². The zero-order valence-corrected chi connectivity index (χ0v) is 31.6. The van der Waals surface area contributed by atoms with Crippen LogP contribution in [0.3, 0.4) is 0 Å². The van der Waals surface area contributed by atoms with Gasteiger partial charge < -0.3 is 18.6 Å². The van der Waals surface area contributed by atoms with Crippen LogP contribution in [0.25, 0.3) is 0 Å². The van der Waals surface area contributed by atoms with Gasteiger partial charge in [-0.1, -0.05) is 63.6 Å². The summed E-state index contributed by atoms with van der Waals surface area (Å²) in [5.74, 6) is -1.00. The lowest BCUT2D eigenvalue weighted by atomic mass is 9.78. The molecular formula is C40H50O8Si. The Morgan fingerprint density at radius 1 is 0.735 bits per heavy atom. The van der Waals surface area contributed by atoms with Gasteiger partial charge in [-0.15, -0.1) is 0 Å². The van der Waals surface area contributed by atoms with Crippen molar-refractivity contribution in [2.75, 3.05) is 20.8 Å². The Balaban J connectivity index is 1.74. The van der Waals surface area contributed by atoms with Crippen molar-refractivity contribution in [2.24, 2.45) is 0 Å². The second-order valence-electron chi connectivity index (χ2n) is 15.1. The van der Waals surface area contributed by atoms with Crippen molar-refractivity contribution >= 4 is 31.6 Å². The molecule has 3 aromatic carbocycles. The molecule has 262 valence electrons. The highest BCUT2D eigenvalue weighted by Crippen LogP contribution is 2.40. The molecule has 0 aliphatic heterocycles. The molecule has 0 heterocycles. The van der Waals surface area contributed by atoms with E-state index in [1.807, 2.05) is 0 Å². The first-order valence-corrected chi connectivity index (χ1v) is 19.8. The van der Waals surface area contributed by atoms with Crippen LogP contribution >= 0.6 is 0 Å². The molecule has 0 saturated heterocycles. The molecule has 0 amide bonds. The number of hydrogen-bond donors (Lipinski definition) is 0. The molecule has 0 fully saturated rings. The summed E-state index contributed by atoms with van der Waals surface area (Å²) in [6.45, 7) is 17.0. The van der Waals surface area contributed by atoms with Gasteiger partial charge >= 0.3 is 5.97 Å². The number of hydrogen-bond acceptors (Lipinski definition) is 8. The molecule has 0 saturated carbocycles. The van der Waals surface area contributed by atoms with E-state index in [9.17, 15) is 19.2 Å². The number of Topliss-reactive ketones (excluding diaryl/α,β-unsaturated/α-hetero) is 1. The fourth-order valence-electron chi connectivity index (χ4n) is 5.82. The van der Waals surface area contributed by atoms with Gasteiger partial charge in [0.1, 0.15) is 22.7 Å². The van der Waals surface area contributed by atoms with Crippen molar-refractivity contribution in [3.05, 3.63) is 93.0 Å². The molecule has 0 bridgehead atoms. The van der Waals surface area contributed by atoms with Crippen LogP contribution in [0.4, 0.5) is 0 Å². The number of rotatable bonds is 13. The van der Waals surface area contributed by atoms with Gasteiger partial charge in [0, 0.05) is 52.8 Å². The van der Waals surface area contributed by atoms with E-state index in [0.717, 1.165) is 12.8 Å². The van der Waals surface area contributed by atoms with Crippen molar-refractivity contribution in [2.45, 2.75) is 97.4 Å². The van der Waals surface area contributed by atoms with Crippen molar-refractivity contribution in [3.63, 3.8) is 0 Å². The second kappa shape index (κ2) is 14.8.